The highest BCUT2D eigenvalue weighted by atomic mass is 35.5. The van der Waals surface area contributed by atoms with Gasteiger partial charge in [0.25, 0.3) is 5.91 Å². The van der Waals surface area contributed by atoms with Crippen LogP contribution in [0.3, 0.4) is 0 Å². The van der Waals surface area contributed by atoms with Crippen LogP contribution in [0.1, 0.15) is 5.56 Å². The molecule has 0 unspecified atom stereocenters. The molecule has 0 bridgehead atoms. The summed E-state index contributed by atoms with van der Waals surface area (Å²) in [5, 5.41) is 11.1. The quantitative estimate of drug-likeness (QED) is 0.737. The molecule has 1 aromatic heterocycles. The van der Waals surface area contributed by atoms with Gasteiger partial charge in [0.05, 0.1) is 0 Å². The molecule has 25 heavy (non-hydrogen) atoms. The van der Waals surface area contributed by atoms with E-state index in [0.717, 1.165) is 5.56 Å². The van der Waals surface area contributed by atoms with E-state index in [0.29, 0.717) is 17.4 Å². The zero-order valence-corrected chi connectivity index (χ0v) is 14.9. The fourth-order valence-corrected chi connectivity index (χ4v) is 2.06. The second kappa shape index (κ2) is 9.19. The van der Waals surface area contributed by atoms with Gasteiger partial charge < -0.3 is 15.0 Å². The second-order valence-electron chi connectivity index (χ2n) is 5.13. The zero-order chi connectivity index (χ0) is 18.2. The summed E-state index contributed by atoms with van der Waals surface area (Å²) in [6.45, 7) is -0.0961. The molecule has 1 amide bonds. The Balaban J connectivity index is 1.70. The third kappa shape index (κ3) is 6.56. The van der Waals surface area contributed by atoms with Crippen molar-refractivity contribution in [3.05, 3.63) is 52.1 Å². The largest absolute Gasteiger partial charge is 0.454 e. The number of likely N-dealkylation sites (N-methyl/N-ethyl adjacent to an activating group) is 1. The summed E-state index contributed by atoms with van der Waals surface area (Å²) in [5.74, 6) is -0.480. The van der Waals surface area contributed by atoms with Crippen molar-refractivity contribution in [3.8, 4) is 0 Å². The van der Waals surface area contributed by atoms with Crippen LogP contribution in [-0.2, 0) is 20.9 Å². The Morgan fingerprint density at radius 3 is 2.48 bits per heavy atom. The molecule has 0 saturated carbocycles. The van der Waals surface area contributed by atoms with Gasteiger partial charge in [0.15, 0.2) is 17.6 Å². The zero-order valence-electron chi connectivity index (χ0n) is 13.4. The lowest BCUT2D eigenvalue weighted by Crippen LogP contribution is -2.32. The van der Waals surface area contributed by atoms with Crippen molar-refractivity contribution in [2.45, 2.75) is 6.54 Å². The molecule has 1 heterocycles. The number of carbonyl (C=O) groups excluding carboxylic acids is 2. The maximum atomic E-state index is 11.8. The van der Waals surface area contributed by atoms with Crippen LogP contribution < -0.4 is 10.2 Å². The topological polar surface area (TPSA) is 84.4 Å². The monoisotopic (exact) mass is 382 g/mol. The van der Waals surface area contributed by atoms with E-state index in [1.165, 1.54) is 4.90 Å². The van der Waals surface area contributed by atoms with Crippen LogP contribution in [0.5, 0.6) is 0 Å². The number of ether oxygens (including phenoxy) is 1. The van der Waals surface area contributed by atoms with Gasteiger partial charge >= 0.3 is 5.97 Å². The van der Waals surface area contributed by atoms with Crippen LogP contribution in [0.15, 0.2) is 36.4 Å². The first-order valence-electron chi connectivity index (χ1n) is 7.31. The van der Waals surface area contributed by atoms with Gasteiger partial charge in [-0.3, -0.25) is 9.59 Å². The Bertz CT molecular complexity index is 723. The number of carbonyl (C=O) groups is 2. The average Bonchev–Trinajstić information content (AvgIpc) is 2.60. The van der Waals surface area contributed by atoms with Crippen molar-refractivity contribution in [1.29, 1.82) is 0 Å². The Kier molecular flexibility index (Phi) is 6.97. The molecule has 0 aliphatic carbocycles. The van der Waals surface area contributed by atoms with E-state index >= 15 is 0 Å². The van der Waals surface area contributed by atoms with Gasteiger partial charge in [-0.05, 0) is 29.8 Å². The summed E-state index contributed by atoms with van der Waals surface area (Å²) in [6.07, 6.45) is 0. The first kappa shape index (κ1) is 19.0. The van der Waals surface area contributed by atoms with Crippen molar-refractivity contribution >= 4 is 40.9 Å². The summed E-state index contributed by atoms with van der Waals surface area (Å²) in [5.41, 5.74) is 0.894. The van der Waals surface area contributed by atoms with Gasteiger partial charge in [-0.2, -0.15) is 0 Å². The molecule has 0 atom stereocenters. The predicted octanol–water partition coefficient (Wildman–Crippen LogP) is 2.08. The fourth-order valence-electron chi connectivity index (χ4n) is 1.83. The number of benzene rings is 1. The standard InChI is InChI=1S/C16H16Cl2N4O3/c1-22(14-7-6-13(18)20-21-14)9-16(24)25-10-15(23)19-8-11-2-4-12(17)5-3-11/h2-7H,8-10H2,1H3,(H,19,23). The summed E-state index contributed by atoms with van der Waals surface area (Å²) >= 11 is 11.4. The number of amides is 1. The molecular formula is C16H16Cl2N4O3. The number of hydrogen-bond acceptors (Lipinski definition) is 6. The van der Waals surface area contributed by atoms with Crippen molar-refractivity contribution in [3.63, 3.8) is 0 Å². The molecule has 9 heteroatoms. The molecule has 1 N–H and O–H groups in total. The molecule has 0 fully saturated rings. The third-order valence-electron chi connectivity index (χ3n) is 3.14. The highest BCUT2D eigenvalue weighted by molar-refractivity contribution is 6.30. The average molecular weight is 383 g/mol. The molecule has 0 saturated heterocycles. The van der Waals surface area contributed by atoms with Gasteiger partial charge in [-0.1, -0.05) is 35.3 Å². The Morgan fingerprint density at radius 1 is 1.12 bits per heavy atom. The maximum Gasteiger partial charge on any atom is 0.326 e. The molecule has 0 spiro atoms. The molecule has 2 aromatic rings. The van der Waals surface area contributed by atoms with Gasteiger partial charge in [-0.25, -0.2) is 0 Å². The minimum atomic E-state index is -0.555. The molecule has 0 radical (unpaired) electrons. The second-order valence-corrected chi connectivity index (χ2v) is 5.96. The Labute approximate surface area is 154 Å². The lowest BCUT2D eigenvalue weighted by Gasteiger charge is -2.16. The molecular weight excluding hydrogens is 367 g/mol. The fraction of sp³-hybridized carbons (Fsp3) is 0.250. The van der Waals surface area contributed by atoms with E-state index in [1.54, 1.807) is 43.4 Å². The van der Waals surface area contributed by atoms with Crippen molar-refractivity contribution in [1.82, 2.24) is 15.5 Å². The highest BCUT2D eigenvalue weighted by Crippen LogP contribution is 2.10. The van der Waals surface area contributed by atoms with Gasteiger partial charge in [0, 0.05) is 18.6 Å². The number of esters is 1. The lowest BCUT2D eigenvalue weighted by atomic mass is 10.2. The Hall–Kier alpha value is -2.38. The van der Waals surface area contributed by atoms with Crippen molar-refractivity contribution < 1.29 is 14.3 Å². The Morgan fingerprint density at radius 2 is 1.84 bits per heavy atom. The summed E-state index contributed by atoms with van der Waals surface area (Å²) in [6, 6.07) is 10.3. The minimum absolute atomic E-state index is 0.0687. The van der Waals surface area contributed by atoms with E-state index in [-0.39, 0.29) is 18.3 Å². The van der Waals surface area contributed by atoms with Crippen molar-refractivity contribution in [2.24, 2.45) is 0 Å². The first-order valence-corrected chi connectivity index (χ1v) is 8.07. The van der Waals surface area contributed by atoms with Gasteiger partial charge in [0.2, 0.25) is 0 Å². The molecule has 0 aliphatic rings. The van der Waals surface area contributed by atoms with Crippen LogP contribution in [0.2, 0.25) is 10.2 Å². The lowest BCUT2D eigenvalue weighted by molar-refractivity contribution is -0.147. The summed E-state index contributed by atoms with van der Waals surface area (Å²) < 4.78 is 4.94. The van der Waals surface area contributed by atoms with E-state index < -0.39 is 11.9 Å². The number of nitrogens with one attached hydrogen (secondary N) is 1. The minimum Gasteiger partial charge on any atom is -0.454 e. The van der Waals surface area contributed by atoms with E-state index in [9.17, 15) is 9.59 Å². The van der Waals surface area contributed by atoms with Crippen LogP contribution in [0, 0.1) is 0 Å². The number of halogens is 2. The summed E-state index contributed by atoms with van der Waals surface area (Å²) in [7, 11) is 1.65. The number of hydrogen-bond donors (Lipinski definition) is 1. The summed E-state index contributed by atoms with van der Waals surface area (Å²) in [4.78, 5) is 25.0. The molecule has 1 aromatic carbocycles. The smallest absolute Gasteiger partial charge is 0.326 e. The number of anilines is 1. The molecule has 2 rings (SSSR count). The highest BCUT2D eigenvalue weighted by Gasteiger charge is 2.12. The predicted molar refractivity (Wildman–Crippen MR) is 94.6 cm³/mol. The van der Waals surface area contributed by atoms with E-state index in [2.05, 4.69) is 15.5 Å². The van der Waals surface area contributed by atoms with E-state index in [1.807, 2.05) is 0 Å². The first-order chi connectivity index (χ1) is 11.9. The van der Waals surface area contributed by atoms with Crippen LogP contribution >= 0.6 is 23.2 Å². The van der Waals surface area contributed by atoms with Gasteiger partial charge in [0.1, 0.15) is 6.54 Å². The normalized spacial score (nSPS) is 10.2. The number of nitrogens with zero attached hydrogens (tertiary/aromatic N) is 3. The van der Waals surface area contributed by atoms with E-state index in [4.69, 9.17) is 27.9 Å². The van der Waals surface area contributed by atoms with Gasteiger partial charge in [-0.15, -0.1) is 10.2 Å². The van der Waals surface area contributed by atoms with Crippen molar-refractivity contribution in [2.75, 3.05) is 25.1 Å². The maximum absolute atomic E-state index is 11.8. The van der Waals surface area contributed by atoms with Crippen LogP contribution in [-0.4, -0.2) is 42.3 Å². The number of rotatable bonds is 7. The van der Waals surface area contributed by atoms with Crippen LogP contribution in [0.4, 0.5) is 5.82 Å². The van der Waals surface area contributed by atoms with Crippen LogP contribution in [0.25, 0.3) is 0 Å². The SMILES string of the molecule is CN(CC(=O)OCC(=O)NCc1ccc(Cl)cc1)c1ccc(Cl)nn1. The number of aromatic nitrogens is 2. The molecule has 132 valence electrons. The molecule has 7 nitrogen and oxygen atoms in total. The third-order valence-corrected chi connectivity index (χ3v) is 3.60. The molecule has 0 aliphatic heterocycles.